The molecule has 1 N–H and O–H groups in total. The quantitative estimate of drug-likeness (QED) is 0.675. The van der Waals surface area contributed by atoms with Crippen LogP contribution in [0.15, 0.2) is 33.3 Å². The largest absolute Gasteiger partial charge is 0.453 e. The lowest BCUT2D eigenvalue weighted by molar-refractivity contribution is 0.229. The number of rotatable bonds is 5. The normalized spacial score (nSPS) is 16.2. The standard InChI is InChI=1S/C18H21BrN4O/c19-13-4-5-15-14(10-13)18-16(24-15)11-21-17(22-18)12-20-6-9-23-7-2-1-3-8-23/h4-5,10-11,20H,1-3,6-9,12H2. The summed E-state index contributed by atoms with van der Waals surface area (Å²) in [5.74, 6) is 0.809. The fourth-order valence-corrected chi connectivity index (χ4v) is 3.64. The predicted octanol–water partition coefficient (Wildman–Crippen LogP) is 3.71. The van der Waals surface area contributed by atoms with Gasteiger partial charge >= 0.3 is 0 Å². The van der Waals surface area contributed by atoms with E-state index in [0.29, 0.717) is 6.54 Å². The van der Waals surface area contributed by atoms with E-state index in [0.717, 1.165) is 45.5 Å². The Morgan fingerprint density at radius 3 is 2.92 bits per heavy atom. The predicted molar refractivity (Wildman–Crippen MR) is 99.0 cm³/mol. The molecule has 0 bridgehead atoms. The van der Waals surface area contributed by atoms with E-state index in [-0.39, 0.29) is 0 Å². The first-order valence-electron chi connectivity index (χ1n) is 8.56. The van der Waals surface area contributed by atoms with Gasteiger partial charge in [0.1, 0.15) is 16.9 Å². The second kappa shape index (κ2) is 7.17. The van der Waals surface area contributed by atoms with Gasteiger partial charge in [-0.2, -0.15) is 0 Å². The summed E-state index contributed by atoms with van der Waals surface area (Å²) in [4.78, 5) is 11.6. The Bertz CT molecular complexity index is 842. The zero-order valence-corrected chi connectivity index (χ0v) is 15.2. The third-order valence-electron chi connectivity index (χ3n) is 4.56. The number of halogens is 1. The van der Waals surface area contributed by atoms with Gasteiger partial charge in [-0.25, -0.2) is 9.97 Å². The fourth-order valence-electron chi connectivity index (χ4n) is 3.28. The van der Waals surface area contributed by atoms with E-state index >= 15 is 0 Å². The van der Waals surface area contributed by atoms with Crippen LogP contribution < -0.4 is 5.32 Å². The SMILES string of the molecule is Brc1ccc2oc3cnc(CNCCN4CCCCC4)nc3c2c1. The maximum atomic E-state index is 5.79. The number of furan rings is 1. The van der Waals surface area contributed by atoms with Crippen molar-refractivity contribution in [1.82, 2.24) is 20.2 Å². The van der Waals surface area contributed by atoms with E-state index < -0.39 is 0 Å². The molecule has 3 heterocycles. The summed E-state index contributed by atoms with van der Waals surface area (Å²) in [5, 5.41) is 4.48. The van der Waals surface area contributed by atoms with Gasteiger partial charge in [-0.15, -0.1) is 0 Å². The maximum absolute atomic E-state index is 5.79. The Morgan fingerprint density at radius 2 is 2.04 bits per heavy atom. The summed E-state index contributed by atoms with van der Waals surface area (Å²) in [6, 6.07) is 5.97. The summed E-state index contributed by atoms with van der Waals surface area (Å²) in [6.07, 6.45) is 5.83. The van der Waals surface area contributed by atoms with Gasteiger partial charge in [-0.05, 0) is 44.1 Å². The highest BCUT2D eigenvalue weighted by molar-refractivity contribution is 9.10. The van der Waals surface area contributed by atoms with E-state index in [9.17, 15) is 0 Å². The molecule has 0 amide bonds. The number of likely N-dealkylation sites (tertiary alicyclic amines) is 1. The highest BCUT2D eigenvalue weighted by Gasteiger charge is 2.11. The Balaban J connectivity index is 1.42. The number of fused-ring (bicyclic) bond motifs is 3. The smallest absolute Gasteiger partial charge is 0.172 e. The van der Waals surface area contributed by atoms with Crippen molar-refractivity contribution in [1.29, 1.82) is 0 Å². The van der Waals surface area contributed by atoms with Crippen molar-refractivity contribution >= 4 is 38.0 Å². The molecule has 24 heavy (non-hydrogen) atoms. The first-order valence-corrected chi connectivity index (χ1v) is 9.36. The number of hydrogen-bond acceptors (Lipinski definition) is 5. The molecule has 5 nitrogen and oxygen atoms in total. The Hall–Kier alpha value is -1.50. The number of nitrogens with one attached hydrogen (secondary N) is 1. The minimum absolute atomic E-state index is 0.685. The van der Waals surface area contributed by atoms with Gasteiger partial charge in [0, 0.05) is 22.9 Å². The number of nitrogens with zero attached hydrogens (tertiary/aromatic N) is 3. The maximum Gasteiger partial charge on any atom is 0.172 e. The van der Waals surface area contributed by atoms with Crippen molar-refractivity contribution in [3.63, 3.8) is 0 Å². The van der Waals surface area contributed by atoms with Crippen molar-refractivity contribution in [2.45, 2.75) is 25.8 Å². The molecule has 1 fully saturated rings. The molecule has 2 aromatic heterocycles. The molecule has 0 aliphatic carbocycles. The van der Waals surface area contributed by atoms with E-state index in [1.807, 2.05) is 18.2 Å². The molecule has 1 aliphatic rings. The average molecular weight is 389 g/mol. The zero-order valence-electron chi connectivity index (χ0n) is 13.6. The summed E-state index contributed by atoms with van der Waals surface area (Å²) < 4.78 is 6.82. The molecule has 0 radical (unpaired) electrons. The Morgan fingerprint density at radius 1 is 1.17 bits per heavy atom. The number of hydrogen-bond donors (Lipinski definition) is 1. The fraction of sp³-hybridized carbons (Fsp3) is 0.444. The van der Waals surface area contributed by atoms with E-state index in [1.165, 1.54) is 32.4 Å². The number of aromatic nitrogens is 2. The van der Waals surface area contributed by atoms with Crippen molar-refractivity contribution in [3.05, 3.63) is 34.7 Å². The molecule has 1 aliphatic heterocycles. The zero-order chi connectivity index (χ0) is 16.4. The highest BCUT2D eigenvalue weighted by Crippen LogP contribution is 2.29. The number of piperidine rings is 1. The minimum atomic E-state index is 0.685. The topological polar surface area (TPSA) is 54.2 Å². The van der Waals surface area contributed by atoms with Crippen LogP contribution in [0.4, 0.5) is 0 Å². The van der Waals surface area contributed by atoms with Crippen LogP contribution in [-0.4, -0.2) is 41.0 Å². The lowest BCUT2D eigenvalue weighted by Crippen LogP contribution is -2.35. The van der Waals surface area contributed by atoms with Gasteiger partial charge in [0.15, 0.2) is 5.58 Å². The monoisotopic (exact) mass is 388 g/mol. The third kappa shape index (κ3) is 3.45. The van der Waals surface area contributed by atoms with E-state index in [2.05, 4.69) is 36.1 Å². The van der Waals surface area contributed by atoms with Crippen molar-refractivity contribution < 1.29 is 4.42 Å². The molecule has 3 aromatic rings. The van der Waals surface area contributed by atoms with Crippen LogP contribution in [0.2, 0.25) is 0 Å². The van der Waals surface area contributed by atoms with E-state index in [1.54, 1.807) is 6.20 Å². The molecule has 1 saturated heterocycles. The van der Waals surface area contributed by atoms with Crippen molar-refractivity contribution in [2.24, 2.45) is 0 Å². The molecule has 0 unspecified atom stereocenters. The minimum Gasteiger partial charge on any atom is -0.453 e. The Labute approximate surface area is 149 Å². The first kappa shape index (κ1) is 16.0. The lowest BCUT2D eigenvalue weighted by Gasteiger charge is -2.26. The summed E-state index contributed by atoms with van der Waals surface area (Å²) in [5.41, 5.74) is 2.46. The molecule has 4 rings (SSSR count). The van der Waals surface area contributed by atoms with Gasteiger partial charge < -0.3 is 14.6 Å². The van der Waals surface area contributed by atoms with Crippen LogP contribution in [-0.2, 0) is 6.54 Å². The molecule has 0 spiro atoms. The summed E-state index contributed by atoms with van der Waals surface area (Å²) in [7, 11) is 0. The van der Waals surface area contributed by atoms with Crippen LogP contribution in [0, 0.1) is 0 Å². The first-order chi connectivity index (χ1) is 11.8. The molecular formula is C18H21BrN4O. The van der Waals surface area contributed by atoms with Gasteiger partial charge in [0.25, 0.3) is 0 Å². The summed E-state index contributed by atoms with van der Waals surface area (Å²) >= 11 is 3.51. The van der Waals surface area contributed by atoms with Crippen molar-refractivity contribution in [3.8, 4) is 0 Å². The van der Waals surface area contributed by atoms with Gasteiger partial charge in [0.05, 0.1) is 12.7 Å². The van der Waals surface area contributed by atoms with Gasteiger partial charge in [-0.1, -0.05) is 22.4 Å². The van der Waals surface area contributed by atoms with Crippen molar-refractivity contribution in [2.75, 3.05) is 26.2 Å². The number of benzene rings is 1. The lowest BCUT2D eigenvalue weighted by atomic mass is 10.1. The molecular weight excluding hydrogens is 368 g/mol. The molecule has 126 valence electrons. The molecule has 6 heteroatoms. The van der Waals surface area contributed by atoms with E-state index in [4.69, 9.17) is 4.42 Å². The highest BCUT2D eigenvalue weighted by atomic mass is 79.9. The third-order valence-corrected chi connectivity index (χ3v) is 5.05. The molecule has 1 aromatic carbocycles. The average Bonchev–Trinajstić information content (AvgIpc) is 2.97. The van der Waals surface area contributed by atoms with Gasteiger partial charge in [-0.3, -0.25) is 0 Å². The molecule has 0 atom stereocenters. The van der Waals surface area contributed by atoms with Crippen LogP contribution in [0.1, 0.15) is 25.1 Å². The molecule has 0 saturated carbocycles. The van der Waals surface area contributed by atoms with Crippen LogP contribution in [0.5, 0.6) is 0 Å². The van der Waals surface area contributed by atoms with Crippen LogP contribution in [0.25, 0.3) is 22.1 Å². The second-order valence-electron chi connectivity index (χ2n) is 6.32. The van der Waals surface area contributed by atoms with Crippen LogP contribution in [0.3, 0.4) is 0 Å². The van der Waals surface area contributed by atoms with Crippen LogP contribution >= 0.6 is 15.9 Å². The Kier molecular flexibility index (Phi) is 4.78. The summed E-state index contributed by atoms with van der Waals surface area (Å²) in [6.45, 7) is 5.23. The second-order valence-corrected chi connectivity index (χ2v) is 7.24. The van der Waals surface area contributed by atoms with Gasteiger partial charge in [0.2, 0.25) is 0 Å².